The number of piperidine rings is 1. The quantitative estimate of drug-likeness (QED) is 0.637. The Kier molecular flexibility index (Phi) is 5.94. The van der Waals surface area contributed by atoms with Gasteiger partial charge in [0, 0.05) is 6.04 Å². The van der Waals surface area contributed by atoms with Crippen molar-refractivity contribution < 1.29 is 4.74 Å². The van der Waals surface area contributed by atoms with E-state index in [1.165, 1.54) is 5.56 Å². The Bertz CT molecular complexity index is 941. The summed E-state index contributed by atoms with van der Waals surface area (Å²) in [7, 11) is 0. The lowest BCUT2D eigenvalue weighted by atomic mass is 9.86. The van der Waals surface area contributed by atoms with Gasteiger partial charge in [0.1, 0.15) is 0 Å². The summed E-state index contributed by atoms with van der Waals surface area (Å²) >= 11 is 0. The molecule has 0 radical (unpaired) electrons. The lowest BCUT2D eigenvalue weighted by molar-refractivity contribution is 0.189. The molecule has 1 saturated heterocycles. The van der Waals surface area contributed by atoms with E-state index in [9.17, 15) is 0 Å². The maximum atomic E-state index is 6.13. The van der Waals surface area contributed by atoms with E-state index >= 15 is 0 Å². The highest BCUT2D eigenvalue weighted by atomic mass is 16.5. The molecule has 3 N–H and O–H groups in total. The number of nitrogen functional groups attached to an aromatic ring is 1. The summed E-state index contributed by atoms with van der Waals surface area (Å²) in [5, 5.41) is 8.23. The number of nitrogens with zero attached hydrogens (tertiary/aromatic N) is 4. The number of rotatable bonds is 7. The van der Waals surface area contributed by atoms with E-state index in [2.05, 4.69) is 57.6 Å². The molecule has 0 amide bonds. The molecule has 2 unspecified atom stereocenters. The highest BCUT2D eigenvalue weighted by molar-refractivity contribution is 5.59. The molecule has 0 spiro atoms. The van der Waals surface area contributed by atoms with Gasteiger partial charge in [0.2, 0.25) is 0 Å². The van der Waals surface area contributed by atoms with Crippen molar-refractivity contribution in [1.29, 1.82) is 0 Å². The molecule has 3 aromatic rings. The molecule has 2 aromatic heterocycles. The first-order valence-corrected chi connectivity index (χ1v) is 10.6. The van der Waals surface area contributed by atoms with Gasteiger partial charge in [0.15, 0.2) is 11.5 Å². The molecule has 1 aromatic carbocycles. The maximum absolute atomic E-state index is 6.13. The second-order valence-corrected chi connectivity index (χ2v) is 7.99. The Morgan fingerprint density at radius 3 is 2.93 bits per heavy atom. The minimum atomic E-state index is 0.0554. The van der Waals surface area contributed by atoms with Crippen LogP contribution in [0.25, 0.3) is 5.65 Å². The lowest BCUT2D eigenvalue weighted by Crippen LogP contribution is -2.32. The fourth-order valence-corrected chi connectivity index (χ4v) is 4.18. The minimum Gasteiger partial charge on any atom is -0.459 e. The highest BCUT2D eigenvalue weighted by Crippen LogP contribution is 2.30. The molecule has 1 fully saturated rings. The summed E-state index contributed by atoms with van der Waals surface area (Å²) < 4.78 is 7.69. The molecule has 0 bridgehead atoms. The fourth-order valence-electron chi connectivity index (χ4n) is 4.18. The standard InChI is InChI=1S/C22H30N6O/c1-3-7-15(2)29-22-26-20(23)21-25-14-18(28(21)27-22)12-16-10-11-24-19(13-16)17-8-5-4-6-9-17/h4-6,8-9,14-16,19,24H,3,7,10-13H2,1-2H3,(H2,23,26,27)/t15-,16?,19?/m0/s1. The van der Waals surface area contributed by atoms with Crippen LogP contribution in [-0.2, 0) is 6.42 Å². The zero-order valence-electron chi connectivity index (χ0n) is 17.2. The Morgan fingerprint density at radius 1 is 1.31 bits per heavy atom. The Morgan fingerprint density at radius 2 is 2.14 bits per heavy atom. The van der Waals surface area contributed by atoms with Crippen molar-refractivity contribution in [3.8, 4) is 6.01 Å². The zero-order valence-corrected chi connectivity index (χ0v) is 17.2. The summed E-state index contributed by atoms with van der Waals surface area (Å²) in [6, 6.07) is 11.4. The number of ether oxygens (including phenoxy) is 1. The van der Waals surface area contributed by atoms with Crippen LogP contribution in [0.2, 0.25) is 0 Å². The predicted octanol–water partition coefficient (Wildman–Crippen LogP) is 3.56. The first kappa shape index (κ1) is 19.6. The molecular formula is C22H30N6O. The number of fused-ring (bicyclic) bond motifs is 1. The largest absolute Gasteiger partial charge is 0.459 e. The summed E-state index contributed by atoms with van der Waals surface area (Å²) in [6.07, 6.45) is 7.07. The molecule has 7 heteroatoms. The van der Waals surface area contributed by atoms with Crippen LogP contribution >= 0.6 is 0 Å². The van der Waals surface area contributed by atoms with Gasteiger partial charge in [-0.3, -0.25) is 0 Å². The van der Waals surface area contributed by atoms with E-state index in [1.807, 2.05) is 17.6 Å². The van der Waals surface area contributed by atoms with Gasteiger partial charge in [0.05, 0.1) is 18.0 Å². The number of hydrogen-bond donors (Lipinski definition) is 2. The molecule has 0 saturated carbocycles. The molecule has 154 valence electrons. The molecule has 4 rings (SSSR count). The van der Waals surface area contributed by atoms with Crippen LogP contribution in [0.5, 0.6) is 6.01 Å². The topological polar surface area (TPSA) is 90.4 Å². The summed E-state index contributed by atoms with van der Waals surface area (Å²) in [6.45, 7) is 5.18. The predicted molar refractivity (Wildman–Crippen MR) is 114 cm³/mol. The van der Waals surface area contributed by atoms with Crippen LogP contribution in [0.15, 0.2) is 36.5 Å². The lowest BCUT2D eigenvalue weighted by Gasteiger charge is -2.30. The van der Waals surface area contributed by atoms with E-state index in [0.717, 1.165) is 44.3 Å². The average Bonchev–Trinajstić information content (AvgIpc) is 3.12. The number of imidazole rings is 1. The summed E-state index contributed by atoms with van der Waals surface area (Å²) in [5.41, 5.74) is 9.13. The van der Waals surface area contributed by atoms with Crippen molar-refractivity contribution in [1.82, 2.24) is 24.9 Å². The molecule has 7 nitrogen and oxygen atoms in total. The monoisotopic (exact) mass is 394 g/mol. The molecule has 1 aliphatic rings. The van der Waals surface area contributed by atoms with Crippen molar-refractivity contribution in [2.24, 2.45) is 5.92 Å². The van der Waals surface area contributed by atoms with Crippen LogP contribution in [0.1, 0.15) is 56.8 Å². The second-order valence-electron chi connectivity index (χ2n) is 7.99. The molecule has 3 atom stereocenters. The van der Waals surface area contributed by atoms with Crippen molar-refractivity contribution in [2.75, 3.05) is 12.3 Å². The smallest absolute Gasteiger partial charge is 0.336 e. The summed E-state index contributed by atoms with van der Waals surface area (Å²) in [4.78, 5) is 8.75. The molecule has 1 aliphatic heterocycles. The van der Waals surface area contributed by atoms with Gasteiger partial charge in [0.25, 0.3) is 0 Å². The average molecular weight is 395 g/mol. The Balaban J connectivity index is 1.52. The summed E-state index contributed by atoms with van der Waals surface area (Å²) in [5.74, 6) is 0.915. The minimum absolute atomic E-state index is 0.0554. The van der Waals surface area contributed by atoms with Crippen LogP contribution < -0.4 is 15.8 Å². The van der Waals surface area contributed by atoms with Crippen molar-refractivity contribution in [3.63, 3.8) is 0 Å². The number of hydrogen-bond acceptors (Lipinski definition) is 6. The van der Waals surface area contributed by atoms with Gasteiger partial charge in [-0.2, -0.15) is 4.98 Å². The number of anilines is 1. The van der Waals surface area contributed by atoms with Crippen molar-refractivity contribution in [3.05, 3.63) is 47.8 Å². The van der Waals surface area contributed by atoms with Gasteiger partial charge < -0.3 is 15.8 Å². The van der Waals surface area contributed by atoms with Gasteiger partial charge in [-0.25, -0.2) is 9.50 Å². The third-order valence-electron chi connectivity index (χ3n) is 5.65. The molecule has 0 aliphatic carbocycles. The van der Waals surface area contributed by atoms with Crippen LogP contribution in [-0.4, -0.2) is 32.2 Å². The Labute approximate surface area is 171 Å². The van der Waals surface area contributed by atoms with Crippen LogP contribution in [0.4, 0.5) is 5.82 Å². The molecule has 3 heterocycles. The van der Waals surface area contributed by atoms with Gasteiger partial charge in [-0.1, -0.05) is 43.7 Å². The van der Waals surface area contributed by atoms with E-state index in [4.69, 9.17) is 10.5 Å². The normalized spacial score (nSPS) is 20.6. The van der Waals surface area contributed by atoms with E-state index < -0.39 is 0 Å². The number of nitrogens with one attached hydrogen (secondary N) is 1. The van der Waals surface area contributed by atoms with Crippen molar-refractivity contribution in [2.45, 2.75) is 58.1 Å². The van der Waals surface area contributed by atoms with Gasteiger partial charge in [-0.15, -0.1) is 5.10 Å². The van der Waals surface area contributed by atoms with E-state index in [-0.39, 0.29) is 6.10 Å². The first-order valence-electron chi connectivity index (χ1n) is 10.6. The third-order valence-corrected chi connectivity index (χ3v) is 5.65. The number of aromatic nitrogens is 4. The first-order chi connectivity index (χ1) is 14.1. The SMILES string of the molecule is CCC[C@H](C)Oc1nc(N)c2ncc(CC3CCNC(c4ccccc4)C3)n2n1. The van der Waals surface area contributed by atoms with Gasteiger partial charge in [-0.05, 0) is 50.6 Å². The Hall–Kier alpha value is -2.67. The number of benzene rings is 1. The molecular weight excluding hydrogens is 364 g/mol. The zero-order chi connectivity index (χ0) is 20.2. The maximum Gasteiger partial charge on any atom is 0.336 e. The van der Waals surface area contributed by atoms with Crippen LogP contribution in [0.3, 0.4) is 0 Å². The third kappa shape index (κ3) is 4.50. The fraction of sp³-hybridized carbons (Fsp3) is 0.500. The number of nitrogens with two attached hydrogens (primary N) is 1. The molecule has 29 heavy (non-hydrogen) atoms. The van der Waals surface area contributed by atoms with Gasteiger partial charge >= 0.3 is 6.01 Å². The van der Waals surface area contributed by atoms with E-state index in [1.54, 1.807) is 0 Å². The van der Waals surface area contributed by atoms with Crippen molar-refractivity contribution >= 4 is 11.5 Å². The highest BCUT2D eigenvalue weighted by Gasteiger charge is 2.24. The van der Waals surface area contributed by atoms with Crippen LogP contribution in [0, 0.1) is 5.92 Å². The van der Waals surface area contributed by atoms with E-state index in [0.29, 0.717) is 29.4 Å². The second kappa shape index (κ2) is 8.78.